The fourth-order valence-corrected chi connectivity index (χ4v) is 3.13. The summed E-state index contributed by atoms with van der Waals surface area (Å²) < 4.78 is 0. The SMILES string of the molecule is CCCC(=O)NCC(c1ccc(Cl)cc1)N1CCC(C)CC1. The standard InChI is InChI=1S/C18H27ClN2O/c1-3-4-18(22)20-13-17(15-5-7-16(19)8-6-15)21-11-9-14(2)10-12-21/h5-8,14,17H,3-4,9-13H2,1-2H3,(H,20,22). The van der Waals surface area contributed by atoms with E-state index in [0.29, 0.717) is 13.0 Å². The Morgan fingerprint density at radius 1 is 1.32 bits per heavy atom. The molecule has 0 radical (unpaired) electrons. The Balaban J connectivity index is 2.06. The van der Waals surface area contributed by atoms with Crippen molar-refractivity contribution in [1.29, 1.82) is 0 Å². The maximum atomic E-state index is 11.8. The molecule has 22 heavy (non-hydrogen) atoms. The monoisotopic (exact) mass is 322 g/mol. The smallest absolute Gasteiger partial charge is 0.220 e. The first-order valence-corrected chi connectivity index (χ1v) is 8.74. The number of carbonyl (C=O) groups is 1. The summed E-state index contributed by atoms with van der Waals surface area (Å²) in [5, 5.41) is 3.85. The van der Waals surface area contributed by atoms with Gasteiger partial charge >= 0.3 is 0 Å². The van der Waals surface area contributed by atoms with Gasteiger partial charge in [0.25, 0.3) is 0 Å². The molecule has 0 aromatic heterocycles. The summed E-state index contributed by atoms with van der Waals surface area (Å²) in [5.74, 6) is 0.948. The van der Waals surface area contributed by atoms with Crippen molar-refractivity contribution in [2.24, 2.45) is 5.92 Å². The van der Waals surface area contributed by atoms with E-state index in [-0.39, 0.29) is 11.9 Å². The molecule has 0 saturated carbocycles. The third-order valence-corrected chi connectivity index (χ3v) is 4.74. The van der Waals surface area contributed by atoms with Crippen molar-refractivity contribution in [1.82, 2.24) is 10.2 Å². The van der Waals surface area contributed by atoms with Gasteiger partial charge in [-0.2, -0.15) is 0 Å². The van der Waals surface area contributed by atoms with Crippen molar-refractivity contribution in [3.8, 4) is 0 Å². The van der Waals surface area contributed by atoms with Gasteiger partial charge < -0.3 is 5.32 Å². The number of nitrogens with zero attached hydrogens (tertiary/aromatic N) is 1. The zero-order valence-electron chi connectivity index (χ0n) is 13.6. The fourth-order valence-electron chi connectivity index (χ4n) is 3.01. The van der Waals surface area contributed by atoms with Gasteiger partial charge in [0.2, 0.25) is 5.91 Å². The van der Waals surface area contributed by atoms with Gasteiger partial charge in [-0.1, -0.05) is 37.6 Å². The molecule has 3 nitrogen and oxygen atoms in total. The van der Waals surface area contributed by atoms with Crippen LogP contribution in [0.25, 0.3) is 0 Å². The minimum absolute atomic E-state index is 0.145. The maximum absolute atomic E-state index is 11.8. The molecule has 2 rings (SSSR count). The van der Waals surface area contributed by atoms with E-state index in [1.807, 2.05) is 19.1 Å². The van der Waals surface area contributed by atoms with Gasteiger partial charge in [-0.15, -0.1) is 0 Å². The lowest BCUT2D eigenvalue weighted by Crippen LogP contribution is -2.41. The van der Waals surface area contributed by atoms with Gasteiger partial charge in [-0.25, -0.2) is 0 Å². The number of hydrogen-bond donors (Lipinski definition) is 1. The summed E-state index contributed by atoms with van der Waals surface area (Å²) >= 11 is 6.01. The fraction of sp³-hybridized carbons (Fsp3) is 0.611. The normalized spacial score (nSPS) is 18.1. The lowest BCUT2D eigenvalue weighted by Gasteiger charge is -2.37. The minimum Gasteiger partial charge on any atom is -0.354 e. The molecule has 1 aliphatic heterocycles. The lowest BCUT2D eigenvalue weighted by atomic mass is 9.95. The highest BCUT2D eigenvalue weighted by Crippen LogP contribution is 2.27. The van der Waals surface area contributed by atoms with E-state index in [1.54, 1.807) is 0 Å². The molecule has 122 valence electrons. The molecule has 1 aliphatic rings. The number of amides is 1. The summed E-state index contributed by atoms with van der Waals surface area (Å²) in [7, 11) is 0. The second-order valence-corrected chi connectivity index (χ2v) is 6.78. The molecule has 1 amide bonds. The molecule has 1 aromatic rings. The number of rotatable bonds is 6. The van der Waals surface area contributed by atoms with Crippen molar-refractivity contribution in [2.45, 2.75) is 45.6 Å². The predicted octanol–water partition coefficient (Wildman–Crippen LogP) is 4.03. The summed E-state index contributed by atoms with van der Waals surface area (Å²) in [4.78, 5) is 14.3. The third kappa shape index (κ3) is 4.99. The average molecular weight is 323 g/mol. The topological polar surface area (TPSA) is 32.3 Å². The first-order chi connectivity index (χ1) is 10.6. The first-order valence-electron chi connectivity index (χ1n) is 8.36. The molecule has 1 aromatic carbocycles. The van der Waals surface area contributed by atoms with Crippen molar-refractivity contribution in [3.05, 3.63) is 34.9 Å². The number of carbonyl (C=O) groups excluding carboxylic acids is 1. The number of likely N-dealkylation sites (tertiary alicyclic amines) is 1. The van der Waals surface area contributed by atoms with Crippen LogP contribution in [0.4, 0.5) is 0 Å². The number of piperidine rings is 1. The molecule has 1 heterocycles. The molecule has 0 aliphatic carbocycles. The molecule has 1 fully saturated rings. The van der Waals surface area contributed by atoms with Crippen LogP contribution in [0.3, 0.4) is 0 Å². The molecule has 4 heteroatoms. The zero-order chi connectivity index (χ0) is 15.9. The Hall–Kier alpha value is -1.06. The van der Waals surface area contributed by atoms with Gasteiger partial charge in [0.15, 0.2) is 0 Å². The predicted molar refractivity (Wildman–Crippen MR) is 92.1 cm³/mol. The van der Waals surface area contributed by atoms with E-state index in [4.69, 9.17) is 11.6 Å². The molecule has 1 N–H and O–H groups in total. The van der Waals surface area contributed by atoms with Crippen molar-refractivity contribution < 1.29 is 4.79 Å². The van der Waals surface area contributed by atoms with Crippen LogP contribution in [0.5, 0.6) is 0 Å². The van der Waals surface area contributed by atoms with Gasteiger partial charge in [-0.3, -0.25) is 9.69 Å². The second kappa shape index (κ2) is 8.54. The Labute approximate surface area is 139 Å². The van der Waals surface area contributed by atoms with E-state index >= 15 is 0 Å². The Bertz CT molecular complexity index is 466. The van der Waals surface area contributed by atoms with Gasteiger partial charge in [-0.05, 0) is 56.0 Å². The zero-order valence-corrected chi connectivity index (χ0v) is 14.4. The highest BCUT2D eigenvalue weighted by molar-refractivity contribution is 6.30. The first kappa shape index (κ1) is 17.3. The highest BCUT2D eigenvalue weighted by Gasteiger charge is 2.24. The van der Waals surface area contributed by atoms with E-state index in [0.717, 1.165) is 30.5 Å². The van der Waals surface area contributed by atoms with Crippen molar-refractivity contribution in [2.75, 3.05) is 19.6 Å². The summed E-state index contributed by atoms with van der Waals surface area (Å²) in [6.45, 7) is 7.21. The van der Waals surface area contributed by atoms with Crippen LogP contribution >= 0.6 is 11.6 Å². The van der Waals surface area contributed by atoms with Crippen LogP contribution in [0.1, 0.15) is 51.1 Å². The summed E-state index contributed by atoms with van der Waals surface area (Å²) in [5.41, 5.74) is 1.23. The number of benzene rings is 1. The Morgan fingerprint density at radius 3 is 2.55 bits per heavy atom. The molecule has 0 spiro atoms. The Kier molecular flexibility index (Phi) is 6.71. The average Bonchev–Trinajstić information content (AvgIpc) is 2.51. The van der Waals surface area contributed by atoms with Crippen LogP contribution in [0.15, 0.2) is 24.3 Å². The number of nitrogens with one attached hydrogen (secondary N) is 1. The van der Waals surface area contributed by atoms with E-state index in [1.165, 1.54) is 18.4 Å². The van der Waals surface area contributed by atoms with Crippen molar-refractivity contribution in [3.63, 3.8) is 0 Å². The van der Waals surface area contributed by atoms with Gasteiger partial charge in [0.05, 0.1) is 6.04 Å². The van der Waals surface area contributed by atoms with Crippen molar-refractivity contribution >= 4 is 17.5 Å². The second-order valence-electron chi connectivity index (χ2n) is 6.34. The van der Waals surface area contributed by atoms with Gasteiger partial charge in [0, 0.05) is 18.0 Å². The maximum Gasteiger partial charge on any atom is 0.220 e. The molecular weight excluding hydrogens is 296 g/mol. The quantitative estimate of drug-likeness (QED) is 0.857. The van der Waals surface area contributed by atoms with Gasteiger partial charge in [0.1, 0.15) is 0 Å². The summed E-state index contributed by atoms with van der Waals surface area (Å²) in [6, 6.07) is 8.27. The molecule has 1 saturated heterocycles. The molecular formula is C18H27ClN2O. The number of hydrogen-bond acceptors (Lipinski definition) is 2. The van der Waals surface area contributed by atoms with Crippen LogP contribution < -0.4 is 5.32 Å². The molecule has 0 bridgehead atoms. The summed E-state index contributed by atoms with van der Waals surface area (Å²) in [6.07, 6.45) is 3.95. The van der Waals surface area contributed by atoms with E-state index in [2.05, 4.69) is 29.3 Å². The molecule has 1 unspecified atom stereocenters. The third-order valence-electron chi connectivity index (χ3n) is 4.48. The van der Waals surface area contributed by atoms with Crippen LogP contribution in [0, 0.1) is 5.92 Å². The van der Waals surface area contributed by atoms with Crippen LogP contribution in [-0.4, -0.2) is 30.4 Å². The van der Waals surface area contributed by atoms with E-state index in [9.17, 15) is 4.79 Å². The highest BCUT2D eigenvalue weighted by atomic mass is 35.5. The molecule has 1 atom stereocenters. The lowest BCUT2D eigenvalue weighted by molar-refractivity contribution is -0.121. The minimum atomic E-state index is 0.145. The van der Waals surface area contributed by atoms with E-state index < -0.39 is 0 Å². The van der Waals surface area contributed by atoms with Crippen LogP contribution in [-0.2, 0) is 4.79 Å². The van der Waals surface area contributed by atoms with Crippen LogP contribution in [0.2, 0.25) is 5.02 Å². The Morgan fingerprint density at radius 2 is 1.95 bits per heavy atom. The largest absolute Gasteiger partial charge is 0.354 e. The number of halogens is 1.